The topological polar surface area (TPSA) is 97.1 Å². The lowest BCUT2D eigenvalue weighted by Gasteiger charge is -2.10. The van der Waals surface area contributed by atoms with Crippen LogP contribution in [0.2, 0.25) is 0 Å². The number of hydrogen-bond acceptors (Lipinski definition) is 5. The molecule has 0 aliphatic heterocycles. The highest BCUT2D eigenvalue weighted by molar-refractivity contribution is 9.10. The number of rotatable bonds is 4. The standard InChI is InChI=1S/C16H19BrN4O3/c1-16(2,3)15-18-13(24-21-15)9-8-12(22)19-20-14(23)10-4-6-11(17)7-5-10/h4-7H,8-9H2,1-3H3,(H,19,22)(H,20,23). The summed E-state index contributed by atoms with van der Waals surface area (Å²) in [5.74, 6) is 0.274. The Morgan fingerprint density at radius 3 is 2.42 bits per heavy atom. The average molecular weight is 395 g/mol. The zero-order valence-corrected chi connectivity index (χ0v) is 15.3. The van der Waals surface area contributed by atoms with Gasteiger partial charge in [0.1, 0.15) is 0 Å². The molecule has 2 N–H and O–H groups in total. The highest BCUT2D eigenvalue weighted by Crippen LogP contribution is 2.18. The first-order valence-corrected chi connectivity index (χ1v) is 8.23. The monoisotopic (exact) mass is 394 g/mol. The zero-order chi connectivity index (χ0) is 17.7. The number of aromatic nitrogens is 2. The van der Waals surface area contributed by atoms with Gasteiger partial charge in [-0.05, 0) is 24.3 Å². The van der Waals surface area contributed by atoms with Crippen LogP contribution in [0.25, 0.3) is 0 Å². The third-order valence-electron chi connectivity index (χ3n) is 3.13. The van der Waals surface area contributed by atoms with Gasteiger partial charge >= 0.3 is 0 Å². The lowest BCUT2D eigenvalue weighted by molar-refractivity contribution is -0.121. The maximum Gasteiger partial charge on any atom is 0.269 e. The van der Waals surface area contributed by atoms with Crippen molar-refractivity contribution < 1.29 is 14.1 Å². The molecule has 1 aromatic heterocycles. The van der Waals surface area contributed by atoms with Crippen LogP contribution >= 0.6 is 15.9 Å². The Bertz CT molecular complexity index is 720. The van der Waals surface area contributed by atoms with Crippen molar-refractivity contribution in [2.75, 3.05) is 0 Å². The number of hydrogen-bond donors (Lipinski definition) is 2. The van der Waals surface area contributed by atoms with E-state index in [0.717, 1.165) is 4.47 Å². The van der Waals surface area contributed by atoms with E-state index in [1.54, 1.807) is 24.3 Å². The summed E-state index contributed by atoms with van der Waals surface area (Å²) in [6, 6.07) is 6.80. The minimum atomic E-state index is -0.386. The van der Waals surface area contributed by atoms with Crippen molar-refractivity contribution in [2.24, 2.45) is 0 Å². The first kappa shape index (κ1) is 18.1. The fourth-order valence-electron chi connectivity index (χ4n) is 1.74. The molecule has 2 rings (SSSR count). The quantitative estimate of drug-likeness (QED) is 0.776. The fraction of sp³-hybridized carbons (Fsp3) is 0.375. The predicted octanol–water partition coefficient (Wildman–Crippen LogP) is 2.52. The predicted molar refractivity (Wildman–Crippen MR) is 91.1 cm³/mol. The van der Waals surface area contributed by atoms with Crippen LogP contribution in [0.4, 0.5) is 0 Å². The molecule has 0 unspecified atom stereocenters. The van der Waals surface area contributed by atoms with Gasteiger partial charge in [-0.1, -0.05) is 41.9 Å². The summed E-state index contributed by atoms with van der Waals surface area (Å²) in [5, 5.41) is 3.89. The molecule has 0 saturated carbocycles. The molecule has 7 nitrogen and oxygen atoms in total. The van der Waals surface area contributed by atoms with Gasteiger partial charge < -0.3 is 4.52 Å². The largest absolute Gasteiger partial charge is 0.339 e. The molecule has 0 bridgehead atoms. The number of nitrogens with one attached hydrogen (secondary N) is 2. The summed E-state index contributed by atoms with van der Waals surface area (Å²) in [7, 11) is 0. The van der Waals surface area contributed by atoms with E-state index in [1.165, 1.54) is 0 Å². The minimum Gasteiger partial charge on any atom is -0.339 e. The van der Waals surface area contributed by atoms with Crippen LogP contribution in [0.5, 0.6) is 0 Å². The number of carbonyl (C=O) groups excluding carboxylic acids is 2. The van der Waals surface area contributed by atoms with Crippen molar-refractivity contribution in [3.63, 3.8) is 0 Å². The lowest BCUT2D eigenvalue weighted by atomic mass is 9.96. The Labute approximate surface area is 148 Å². The lowest BCUT2D eigenvalue weighted by Crippen LogP contribution is -2.41. The van der Waals surface area contributed by atoms with E-state index in [-0.39, 0.29) is 23.7 Å². The van der Waals surface area contributed by atoms with Gasteiger partial charge in [0, 0.05) is 28.3 Å². The highest BCUT2D eigenvalue weighted by Gasteiger charge is 2.21. The normalized spacial score (nSPS) is 11.2. The fourth-order valence-corrected chi connectivity index (χ4v) is 2.01. The number of halogens is 1. The van der Waals surface area contributed by atoms with Crippen molar-refractivity contribution >= 4 is 27.7 Å². The SMILES string of the molecule is CC(C)(C)c1noc(CCC(=O)NNC(=O)c2ccc(Br)cc2)n1. The molecule has 128 valence electrons. The van der Waals surface area contributed by atoms with E-state index >= 15 is 0 Å². The van der Waals surface area contributed by atoms with Gasteiger partial charge in [-0.25, -0.2) is 0 Å². The molecule has 8 heteroatoms. The minimum absolute atomic E-state index is 0.131. The molecule has 2 amide bonds. The molecule has 0 saturated heterocycles. The Balaban J connectivity index is 1.78. The van der Waals surface area contributed by atoms with Crippen molar-refractivity contribution in [1.82, 2.24) is 21.0 Å². The van der Waals surface area contributed by atoms with Gasteiger partial charge in [0.2, 0.25) is 11.8 Å². The maximum atomic E-state index is 11.9. The second kappa shape index (κ2) is 7.57. The summed E-state index contributed by atoms with van der Waals surface area (Å²) in [4.78, 5) is 27.9. The third-order valence-corrected chi connectivity index (χ3v) is 3.66. The molecule has 0 aliphatic rings. The van der Waals surface area contributed by atoms with Crippen LogP contribution in [0.1, 0.15) is 49.3 Å². The first-order valence-electron chi connectivity index (χ1n) is 7.43. The Morgan fingerprint density at radius 2 is 1.83 bits per heavy atom. The van der Waals surface area contributed by atoms with Crippen LogP contribution in [-0.2, 0) is 16.6 Å². The molecule has 24 heavy (non-hydrogen) atoms. The van der Waals surface area contributed by atoms with Gasteiger partial charge in [0.05, 0.1) is 0 Å². The number of hydrazine groups is 1. The van der Waals surface area contributed by atoms with Crippen LogP contribution < -0.4 is 10.9 Å². The van der Waals surface area contributed by atoms with Gasteiger partial charge in [0.25, 0.3) is 5.91 Å². The van der Waals surface area contributed by atoms with Gasteiger partial charge in [-0.3, -0.25) is 20.4 Å². The van der Waals surface area contributed by atoms with Gasteiger partial charge in [-0.15, -0.1) is 0 Å². The van der Waals surface area contributed by atoms with Crippen molar-refractivity contribution in [3.05, 3.63) is 46.0 Å². The Morgan fingerprint density at radius 1 is 1.17 bits per heavy atom. The summed E-state index contributed by atoms with van der Waals surface area (Å²) < 4.78 is 5.99. The van der Waals surface area contributed by atoms with E-state index < -0.39 is 0 Å². The van der Waals surface area contributed by atoms with E-state index in [9.17, 15) is 9.59 Å². The van der Waals surface area contributed by atoms with Crippen molar-refractivity contribution in [3.8, 4) is 0 Å². The van der Waals surface area contributed by atoms with Gasteiger partial charge in [-0.2, -0.15) is 4.98 Å². The van der Waals surface area contributed by atoms with Crippen molar-refractivity contribution in [1.29, 1.82) is 0 Å². The molecule has 0 spiro atoms. The van der Waals surface area contributed by atoms with Crippen LogP contribution in [0.15, 0.2) is 33.3 Å². The molecule has 0 atom stereocenters. The molecular formula is C16H19BrN4O3. The van der Waals surface area contributed by atoms with Crippen LogP contribution in [-0.4, -0.2) is 22.0 Å². The number of benzene rings is 1. The number of nitrogens with zero attached hydrogens (tertiary/aromatic N) is 2. The maximum absolute atomic E-state index is 11.9. The second-order valence-electron chi connectivity index (χ2n) is 6.27. The summed E-state index contributed by atoms with van der Waals surface area (Å²) in [6.45, 7) is 5.93. The highest BCUT2D eigenvalue weighted by atomic mass is 79.9. The first-order chi connectivity index (χ1) is 11.3. The van der Waals surface area contributed by atoms with E-state index in [0.29, 0.717) is 23.7 Å². The summed E-state index contributed by atoms with van der Waals surface area (Å²) in [6.07, 6.45) is 0.440. The molecule has 0 radical (unpaired) electrons. The Kier molecular flexibility index (Phi) is 5.71. The van der Waals surface area contributed by atoms with Crippen molar-refractivity contribution in [2.45, 2.75) is 39.0 Å². The number of carbonyl (C=O) groups is 2. The summed E-state index contributed by atoms with van der Waals surface area (Å²) >= 11 is 3.29. The molecule has 0 fully saturated rings. The molecule has 1 aromatic carbocycles. The second-order valence-corrected chi connectivity index (χ2v) is 7.19. The smallest absolute Gasteiger partial charge is 0.269 e. The van der Waals surface area contributed by atoms with E-state index in [1.807, 2.05) is 20.8 Å². The van der Waals surface area contributed by atoms with Crippen LogP contribution in [0, 0.1) is 0 Å². The molecule has 2 aromatic rings. The molecule has 1 heterocycles. The van der Waals surface area contributed by atoms with E-state index in [2.05, 4.69) is 36.9 Å². The summed E-state index contributed by atoms with van der Waals surface area (Å²) in [5.41, 5.74) is 4.97. The van der Waals surface area contributed by atoms with E-state index in [4.69, 9.17) is 4.52 Å². The van der Waals surface area contributed by atoms with Gasteiger partial charge in [0.15, 0.2) is 5.82 Å². The average Bonchev–Trinajstić information content (AvgIpc) is 3.00. The number of aryl methyl sites for hydroxylation is 1. The third kappa shape index (κ3) is 5.16. The number of amides is 2. The molecular weight excluding hydrogens is 376 g/mol. The Hall–Kier alpha value is -2.22. The zero-order valence-electron chi connectivity index (χ0n) is 13.7. The molecule has 0 aliphatic carbocycles. The van der Waals surface area contributed by atoms with Crippen LogP contribution in [0.3, 0.4) is 0 Å².